The summed E-state index contributed by atoms with van der Waals surface area (Å²) in [5.41, 5.74) is 2.19. The lowest BCUT2D eigenvalue weighted by Crippen LogP contribution is -2.40. The molecule has 168 valence electrons. The minimum atomic E-state index is 0. The number of hydrogen-bond acceptors (Lipinski definition) is 4. The first-order valence-electron chi connectivity index (χ1n) is 10.2. The Kier molecular flexibility index (Phi) is 10.9. The third kappa shape index (κ3) is 6.98. The molecule has 1 aliphatic rings. The second kappa shape index (κ2) is 13.1. The highest BCUT2D eigenvalue weighted by molar-refractivity contribution is 6.31. The van der Waals surface area contributed by atoms with E-state index in [0.29, 0.717) is 6.61 Å². The lowest BCUT2D eigenvalue weighted by Gasteiger charge is -2.26. The van der Waals surface area contributed by atoms with Gasteiger partial charge in [0, 0.05) is 48.9 Å². The number of morpholine rings is 1. The fourth-order valence-electron chi connectivity index (χ4n) is 3.68. The Morgan fingerprint density at radius 2 is 1.68 bits per heavy atom. The summed E-state index contributed by atoms with van der Waals surface area (Å²) in [6, 6.07) is 20.5. The molecule has 3 aromatic carbocycles. The van der Waals surface area contributed by atoms with Gasteiger partial charge < -0.3 is 14.8 Å². The number of fused-ring (bicyclic) bond motifs is 1. The molecule has 1 saturated heterocycles. The fourth-order valence-corrected chi connectivity index (χ4v) is 3.87. The van der Waals surface area contributed by atoms with Crippen molar-refractivity contribution in [2.75, 3.05) is 39.4 Å². The molecule has 0 aliphatic carbocycles. The van der Waals surface area contributed by atoms with E-state index in [1.165, 1.54) is 16.3 Å². The van der Waals surface area contributed by atoms with Crippen LogP contribution < -0.4 is 10.1 Å². The topological polar surface area (TPSA) is 33.7 Å². The van der Waals surface area contributed by atoms with Crippen molar-refractivity contribution in [2.24, 2.45) is 0 Å². The van der Waals surface area contributed by atoms with Gasteiger partial charge in [-0.1, -0.05) is 60.1 Å². The minimum Gasteiger partial charge on any atom is -0.488 e. The zero-order valence-electron chi connectivity index (χ0n) is 17.4. The van der Waals surface area contributed by atoms with Crippen LogP contribution in [0.25, 0.3) is 10.8 Å². The highest BCUT2D eigenvalue weighted by atomic mass is 35.5. The summed E-state index contributed by atoms with van der Waals surface area (Å²) in [6.07, 6.45) is 0. The van der Waals surface area contributed by atoms with E-state index in [-0.39, 0.29) is 24.8 Å². The van der Waals surface area contributed by atoms with Crippen LogP contribution in [0.15, 0.2) is 60.7 Å². The van der Waals surface area contributed by atoms with Gasteiger partial charge in [-0.25, -0.2) is 0 Å². The number of benzene rings is 3. The van der Waals surface area contributed by atoms with Crippen molar-refractivity contribution in [2.45, 2.75) is 13.2 Å². The summed E-state index contributed by atoms with van der Waals surface area (Å²) in [4.78, 5) is 2.44. The maximum atomic E-state index is 6.30. The second-order valence-electron chi connectivity index (χ2n) is 7.27. The van der Waals surface area contributed by atoms with Crippen molar-refractivity contribution in [3.05, 3.63) is 76.8 Å². The third-order valence-corrected chi connectivity index (χ3v) is 5.72. The van der Waals surface area contributed by atoms with Crippen LogP contribution in [-0.2, 0) is 17.9 Å². The van der Waals surface area contributed by atoms with E-state index in [0.717, 1.165) is 62.3 Å². The minimum absolute atomic E-state index is 0. The van der Waals surface area contributed by atoms with Gasteiger partial charge in [0.25, 0.3) is 0 Å². The summed E-state index contributed by atoms with van der Waals surface area (Å²) in [5, 5.41) is 6.79. The normalized spacial score (nSPS) is 14.0. The molecule has 0 aromatic heterocycles. The summed E-state index contributed by atoms with van der Waals surface area (Å²) < 4.78 is 11.6. The van der Waals surface area contributed by atoms with Crippen LogP contribution in [0, 0.1) is 0 Å². The number of nitrogens with zero attached hydrogens (tertiary/aromatic N) is 1. The van der Waals surface area contributed by atoms with Crippen molar-refractivity contribution in [3.63, 3.8) is 0 Å². The van der Waals surface area contributed by atoms with Gasteiger partial charge in [0.15, 0.2) is 0 Å². The van der Waals surface area contributed by atoms with Crippen molar-refractivity contribution in [3.8, 4) is 5.75 Å². The van der Waals surface area contributed by atoms with Crippen LogP contribution in [0.5, 0.6) is 5.75 Å². The SMILES string of the molecule is Cl.Cl.Clc1ccccc1COc1ccc2ccccc2c1CNCCN1CCOCC1. The van der Waals surface area contributed by atoms with Gasteiger partial charge in [0.1, 0.15) is 12.4 Å². The first-order chi connectivity index (χ1) is 14.3. The van der Waals surface area contributed by atoms with E-state index in [1.54, 1.807) is 0 Å². The molecule has 0 bridgehead atoms. The molecule has 4 nitrogen and oxygen atoms in total. The van der Waals surface area contributed by atoms with Crippen LogP contribution in [-0.4, -0.2) is 44.3 Å². The standard InChI is InChI=1S/C24H27ClN2O2.2ClH/c25-23-8-4-2-6-20(23)18-29-24-10-9-19-5-1-3-7-21(19)22(24)17-26-11-12-27-13-15-28-16-14-27;;/h1-10,26H,11-18H2;2*1H. The number of halogens is 3. The largest absolute Gasteiger partial charge is 0.488 e. The predicted octanol–water partition coefficient (Wildman–Crippen LogP) is 5.34. The van der Waals surface area contributed by atoms with Crippen LogP contribution in [0.2, 0.25) is 5.02 Å². The number of hydrogen-bond donors (Lipinski definition) is 1. The van der Waals surface area contributed by atoms with E-state index in [4.69, 9.17) is 21.1 Å². The van der Waals surface area contributed by atoms with Gasteiger partial charge in [-0.15, -0.1) is 24.8 Å². The summed E-state index contributed by atoms with van der Waals surface area (Å²) in [7, 11) is 0. The lowest BCUT2D eigenvalue weighted by atomic mass is 10.0. The Morgan fingerprint density at radius 1 is 0.935 bits per heavy atom. The maximum Gasteiger partial charge on any atom is 0.124 e. The van der Waals surface area contributed by atoms with Gasteiger partial charge in [0.05, 0.1) is 13.2 Å². The first-order valence-corrected chi connectivity index (χ1v) is 10.6. The average Bonchev–Trinajstić information content (AvgIpc) is 2.77. The second-order valence-corrected chi connectivity index (χ2v) is 7.68. The van der Waals surface area contributed by atoms with Gasteiger partial charge in [0.2, 0.25) is 0 Å². The molecule has 0 amide bonds. The highest BCUT2D eigenvalue weighted by Crippen LogP contribution is 2.29. The Morgan fingerprint density at radius 3 is 2.48 bits per heavy atom. The molecule has 0 radical (unpaired) electrons. The first kappa shape index (κ1) is 25.7. The molecule has 1 aliphatic heterocycles. The van der Waals surface area contributed by atoms with E-state index in [2.05, 4.69) is 46.6 Å². The quantitative estimate of drug-likeness (QED) is 0.439. The monoisotopic (exact) mass is 482 g/mol. The molecule has 4 rings (SSSR count). The molecular weight excluding hydrogens is 455 g/mol. The number of nitrogens with one attached hydrogen (secondary N) is 1. The van der Waals surface area contributed by atoms with E-state index >= 15 is 0 Å². The zero-order valence-corrected chi connectivity index (χ0v) is 19.8. The molecule has 0 atom stereocenters. The van der Waals surface area contributed by atoms with Crippen LogP contribution in [0.3, 0.4) is 0 Å². The summed E-state index contributed by atoms with van der Waals surface area (Å²) in [6.45, 7) is 6.90. The molecule has 31 heavy (non-hydrogen) atoms. The molecule has 1 heterocycles. The smallest absolute Gasteiger partial charge is 0.124 e. The molecule has 0 unspecified atom stereocenters. The van der Waals surface area contributed by atoms with Crippen LogP contribution in [0.4, 0.5) is 0 Å². The molecule has 0 saturated carbocycles. The molecule has 7 heteroatoms. The van der Waals surface area contributed by atoms with Crippen molar-refractivity contribution in [1.82, 2.24) is 10.2 Å². The maximum absolute atomic E-state index is 6.30. The summed E-state index contributed by atoms with van der Waals surface area (Å²) in [5.74, 6) is 0.905. The molecule has 1 N–H and O–H groups in total. The summed E-state index contributed by atoms with van der Waals surface area (Å²) >= 11 is 6.30. The van der Waals surface area contributed by atoms with Crippen molar-refractivity contribution >= 4 is 47.2 Å². The van der Waals surface area contributed by atoms with Crippen molar-refractivity contribution < 1.29 is 9.47 Å². The van der Waals surface area contributed by atoms with Crippen LogP contribution in [0.1, 0.15) is 11.1 Å². The van der Waals surface area contributed by atoms with E-state index in [9.17, 15) is 0 Å². The van der Waals surface area contributed by atoms with Crippen LogP contribution >= 0.6 is 36.4 Å². The number of rotatable bonds is 8. The van der Waals surface area contributed by atoms with Crippen molar-refractivity contribution in [1.29, 1.82) is 0 Å². The fraction of sp³-hybridized carbons (Fsp3) is 0.333. The Hall–Kier alpha value is -1.53. The zero-order chi connectivity index (χ0) is 19.9. The Bertz CT molecular complexity index is 949. The van der Waals surface area contributed by atoms with Gasteiger partial charge >= 0.3 is 0 Å². The average molecular weight is 484 g/mol. The van der Waals surface area contributed by atoms with E-state index in [1.807, 2.05) is 24.3 Å². The molecule has 1 fully saturated rings. The van der Waals surface area contributed by atoms with E-state index < -0.39 is 0 Å². The Labute approximate surface area is 201 Å². The highest BCUT2D eigenvalue weighted by Gasteiger charge is 2.12. The van der Waals surface area contributed by atoms with Gasteiger partial charge in [-0.2, -0.15) is 0 Å². The van der Waals surface area contributed by atoms with Gasteiger partial charge in [-0.05, 0) is 22.9 Å². The molecular formula is C24H29Cl3N2O2. The van der Waals surface area contributed by atoms with Gasteiger partial charge in [-0.3, -0.25) is 4.90 Å². The lowest BCUT2D eigenvalue weighted by molar-refractivity contribution is 0.0384. The number of ether oxygens (including phenoxy) is 2. The molecule has 0 spiro atoms. The molecule has 3 aromatic rings. The third-order valence-electron chi connectivity index (χ3n) is 5.35. The predicted molar refractivity (Wildman–Crippen MR) is 133 cm³/mol. The Balaban J connectivity index is 0.00000171.